The van der Waals surface area contributed by atoms with Gasteiger partial charge in [0, 0.05) is 17.5 Å². The van der Waals surface area contributed by atoms with Crippen molar-refractivity contribution in [1.82, 2.24) is 14.9 Å². The van der Waals surface area contributed by atoms with Crippen molar-refractivity contribution < 1.29 is 0 Å². The van der Waals surface area contributed by atoms with E-state index in [9.17, 15) is 0 Å². The Morgan fingerprint density at radius 3 is 2.85 bits per heavy atom. The van der Waals surface area contributed by atoms with Crippen LogP contribution in [0.15, 0.2) is 41.8 Å². The maximum atomic E-state index is 4.74. The van der Waals surface area contributed by atoms with Gasteiger partial charge in [-0.2, -0.15) is 0 Å². The largest absolute Gasteiger partial charge is 0.327 e. The van der Waals surface area contributed by atoms with Gasteiger partial charge in [-0.15, -0.1) is 11.3 Å². The molecule has 2 heterocycles. The lowest BCUT2D eigenvalue weighted by atomic mass is 10.3. The Balaban J connectivity index is 1.80. The van der Waals surface area contributed by atoms with Gasteiger partial charge in [-0.1, -0.05) is 18.2 Å². The molecule has 3 aromatic rings. The smallest absolute Gasteiger partial charge is 0.123 e. The second kappa shape index (κ2) is 5.77. The number of aryl methyl sites for hydroxylation is 1. The fourth-order valence-electron chi connectivity index (χ4n) is 2.50. The quantitative estimate of drug-likeness (QED) is 0.768. The lowest BCUT2D eigenvalue weighted by Gasteiger charge is -2.12. The van der Waals surface area contributed by atoms with Crippen molar-refractivity contribution in [3.8, 4) is 0 Å². The number of rotatable bonds is 5. The third-order valence-electron chi connectivity index (χ3n) is 3.59. The molecule has 1 unspecified atom stereocenters. The Morgan fingerprint density at radius 1 is 1.25 bits per heavy atom. The number of aromatic nitrogens is 2. The minimum absolute atomic E-state index is 0.361. The molecule has 0 radical (unpaired) electrons. The maximum Gasteiger partial charge on any atom is 0.123 e. The van der Waals surface area contributed by atoms with E-state index in [0.29, 0.717) is 6.04 Å². The number of hydrogen-bond donors (Lipinski definition) is 1. The zero-order chi connectivity index (χ0) is 13.9. The Bertz CT molecular complexity index is 685. The van der Waals surface area contributed by atoms with E-state index >= 15 is 0 Å². The van der Waals surface area contributed by atoms with E-state index in [1.807, 2.05) is 6.07 Å². The molecular formula is C16H19N3S. The number of para-hydroxylation sites is 2. The summed E-state index contributed by atoms with van der Waals surface area (Å²) in [6.45, 7) is 6.11. The highest BCUT2D eigenvalue weighted by molar-refractivity contribution is 7.10. The summed E-state index contributed by atoms with van der Waals surface area (Å²) in [5, 5.41) is 5.68. The first-order valence-electron chi connectivity index (χ1n) is 7.00. The van der Waals surface area contributed by atoms with Crippen LogP contribution in [-0.2, 0) is 13.1 Å². The third-order valence-corrected chi connectivity index (χ3v) is 4.64. The summed E-state index contributed by atoms with van der Waals surface area (Å²) in [6.07, 6.45) is 0. The number of fused-ring (bicyclic) bond motifs is 1. The summed E-state index contributed by atoms with van der Waals surface area (Å²) in [5.41, 5.74) is 2.30. The van der Waals surface area contributed by atoms with E-state index in [2.05, 4.69) is 59.4 Å². The Morgan fingerprint density at radius 2 is 2.10 bits per heavy atom. The number of hydrogen-bond acceptors (Lipinski definition) is 3. The molecule has 0 bridgehead atoms. The minimum atomic E-state index is 0.361. The summed E-state index contributed by atoms with van der Waals surface area (Å²) < 4.78 is 2.28. The third kappa shape index (κ3) is 2.49. The van der Waals surface area contributed by atoms with Gasteiger partial charge in [0.1, 0.15) is 5.82 Å². The second-order valence-corrected chi connectivity index (χ2v) is 5.86. The van der Waals surface area contributed by atoms with Crippen LogP contribution in [0.1, 0.15) is 30.6 Å². The van der Waals surface area contributed by atoms with E-state index in [0.717, 1.165) is 24.4 Å². The highest BCUT2D eigenvalue weighted by atomic mass is 32.1. The van der Waals surface area contributed by atoms with Crippen molar-refractivity contribution in [1.29, 1.82) is 0 Å². The number of thiophene rings is 1. The second-order valence-electron chi connectivity index (χ2n) is 4.88. The Labute approximate surface area is 123 Å². The van der Waals surface area contributed by atoms with Crippen molar-refractivity contribution in [3.63, 3.8) is 0 Å². The van der Waals surface area contributed by atoms with Crippen molar-refractivity contribution in [2.75, 3.05) is 0 Å². The van der Waals surface area contributed by atoms with E-state index in [1.165, 1.54) is 10.4 Å². The van der Waals surface area contributed by atoms with Crippen LogP contribution in [-0.4, -0.2) is 9.55 Å². The van der Waals surface area contributed by atoms with Crippen LogP contribution in [0.3, 0.4) is 0 Å². The first kappa shape index (κ1) is 13.3. The predicted octanol–water partition coefficient (Wildman–Crippen LogP) is 3.97. The maximum absolute atomic E-state index is 4.74. The monoisotopic (exact) mass is 285 g/mol. The van der Waals surface area contributed by atoms with Crippen LogP contribution in [0.2, 0.25) is 0 Å². The van der Waals surface area contributed by atoms with Crippen LogP contribution in [0.25, 0.3) is 11.0 Å². The van der Waals surface area contributed by atoms with Crippen LogP contribution in [0.4, 0.5) is 0 Å². The molecule has 0 aliphatic carbocycles. The highest BCUT2D eigenvalue weighted by Crippen LogP contribution is 2.20. The molecule has 1 aromatic carbocycles. The van der Waals surface area contributed by atoms with Crippen molar-refractivity contribution in [2.45, 2.75) is 33.0 Å². The fraction of sp³-hybridized carbons (Fsp3) is 0.312. The fourth-order valence-corrected chi connectivity index (χ4v) is 3.25. The molecule has 104 valence electrons. The first-order valence-corrected chi connectivity index (χ1v) is 7.88. The standard InChI is InChI=1S/C16H19N3S/c1-3-19-14-8-5-4-7-13(14)18-16(19)11-17-12(2)15-9-6-10-20-15/h4-10,12,17H,3,11H2,1-2H3. The summed E-state index contributed by atoms with van der Waals surface area (Å²) in [7, 11) is 0. The molecule has 0 aliphatic rings. The summed E-state index contributed by atoms with van der Waals surface area (Å²) >= 11 is 1.79. The van der Waals surface area contributed by atoms with Crippen molar-refractivity contribution >= 4 is 22.4 Å². The molecule has 0 fully saturated rings. The molecule has 4 heteroatoms. The van der Waals surface area contributed by atoms with Gasteiger partial charge in [0.05, 0.1) is 17.6 Å². The van der Waals surface area contributed by atoms with Gasteiger partial charge in [0.2, 0.25) is 0 Å². The minimum Gasteiger partial charge on any atom is -0.327 e. The van der Waals surface area contributed by atoms with Crippen LogP contribution >= 0.6 is 11.3 Å². The molecule has 1 atom stereocenters. The molecule has 0 saturated carbocycles. The van der Waals surface area contributed by atoms with E-state index in [-0.39, 0.29) is 0 Å². The van der Waals surface area contributed by atoms with Gasteiger partial charge in [0.25, 0.3) is 0 Å². The number of nitrogens with zero attached hydrogens (tertiary/aromatic N) is 2. The van der Waals surface area contributed by atoms with Gasteiger partial charge >= 0.3 is 0 Å². The predicted molar refractivity (Wildman–Crippen MR) is 85.0 cm³/mol. The van der Waals surface area contributed by atoms with E-state index in [1.54, 1.807) is 11.3 Å². The van der Waals surface area contributed by atoms with E-state index in [4.69, 9.17) is 4.98 Å². The van der Waals surface area contributed by atoms with Crippen molar-refractivity contribution in [3.05, 3.63) is 52.5 Å². The molecule has 0 amide bonds. The summed E-state index contributed by atoms with van der Waals surface area (Å²) in [4.78, 5) is 6.11. The van der Waals surface area contributed by atoms with Gasteiger partial charge in [-0.05, 0) is 37.4 Å². The number of nitrogens with one attached hydrogen (secondary N) is 1. The number of imidazole rings is 1. The number of benzene rings is 1. The van der Waals surface area contributed by atoms with Gasteiger partial charge < -0.3 is 9.88 Å². The normalized spacial score (nSPS) is 12.9. The summed E-state index contributed by atoms with van der Waals surface area (Å²) in [6, 6.07) is 13.0. The van der Waals surface area contributed by atoms with Crippen molar-refractivity contribution in [2.24, 2.45) is 0 Å². The van der Waals surface area contributed by atoms with Crippen LogP contribution in [0.5, 0.6) is 0 Å². The zero-order valence-corrected chi connectivity index (χ0v) is 12.7. The Hall–Kier alpha value is -1.65. The molecular weight excluding hydrogens is 266 g/mol. The zero-order valence-electron chi connectivity index (χ0n) is 11.8. The Kier molecular flexibility index (Phi) is 3.85. The highest BCUT2D eigenvalue weighted by Gasteiger charge is 2.11. The average molecular weight is 285 g/mol. The molecule has 1 N–H and O–H groups in total. The van der Waals surface area contributed by atoms with Crippen LogP contribution < -0.4 is 5.32 Å². The molecule has 20 heavy (non-hydrogen) atoms. The lowest BCUT2D eigenvalue weighted by molar-refractivity contribution is 0.549. The first-order chi connectivity index (χ1) is 9.79. The SMILES string of the molecule is CCn1c(CNC(C)c2cccs2)nc2ccccc21. The molecule has 0 saturated heterocycles. The van der Waals surface area contributed by atoms with Gasteiger partial charge in [0.15, 0.2) is 0 Å². The molecule has 3 rings (SSSR count). The van der Waals surface area contributed by atoms with Crippen LogP contribution in [0, 0.1) is 0 Å². The van der Waals surface area contributed by atoms with Gasteiger partial charge in [-0.25, -0.2) is 4.98 Å². The average Bonchev–Trinajstić information content (AvgIpc) is 3.11. The molecule has 0 spiro atoms. The topological polar surface area (TPSA) is 29.9 Å². The van der Waals surface area contributed by atoms with Gasteiger partial charge in [-0.3, -0.25) is 0 Å². The molecule has 0 aliphatic heterocycles. The molecule has 3 nitrogen and oxygen atoms in total. The summed E-state index contributed by atoms with van der Waals surface area (Å²) in [5.74, 6) is 1.11. The molecule has 2 aromatic heterocycles. The van der Waals surface area contributed by atoms with E-state index < -0.39 is 0 Å². The lowest BCUT2D eigenvalue weighted by Crippen LogP contribution is -2.20.